The lowest BCUT2D eigenvalue weighted by atomic mass is 10.2. The number of anilines is 1. The minimum Gasteiger partial charge on any atom is -0.396 e. The van der Waals surface area contributed by atoms with Gasteiger partial charge in [0.15, 0.2) is 5.82 Å². The van der Waals surface area contributed by atoms with Crippen LogP contribution >= 0.6 is 0 Å². The maximum absolute atomic E-state index is 13.2. The van der Waals surface area contributed by atoms with Crippen molar-refractivity contribution in [2.24, 2.45) is 0 Å². The number of hydrogen-bond acceptors (Lipinski definition) is 5. The third-order valence-electron chi connectivity index (χ3n) is 2.24. The van der Waals surface area contributed by atoms with E-state index in [9.17, 15) is 9.18 Å². The van der Waals surface area contributed by atoms with E-state index in [1.54, 1.807) is 6.92 Å². The molecule has 7 heteroatoms. The first-order chi connectivity index (χ1) is 8.56. The number of carbonyl (C=O) groups is 1. The minimum absolute atomic E-state index is 0.000317. The van der Waals surface area contributed by atoms with E-state index in [1.165, 1.54) is 12.1 Å². The van der Waals surface area contributed by atoms with E-state index in [-0.39, 0.29) is 17.8 Å². The third-order valence-corrected chi connectivity index (χ3v) is 2.24. The Morgan fingerprint density at radius 2 is 2.33 bits per heavy atom. The van der Waals surface area contributed by atoms with Crippen LogP contribution in [0.2, 0.25) is 0 Å². The van der Waals surface area contributed by atoms with Crippen molar-refractivity contribution in [3.8, 4) is 0 Å². The van der Waals surface area contributed by atoms with Crippen LogP contribution in [0.5, 0.6) is 0 Å². The molecule has 2 rings (SSSR count). The summed E-state index contributed by atoms with van der Waals surface area (Å²) in [5, 5.41) is 6.16. The molecular formula is C11H11FN4O2. The van der Waals surface area contributed by atoms with E-state index in [1.807, 2.05) is 0 Å². The Bertz CT molecular complexity index is 582. The standard InChI is InChI=1S/C11H11FN4O2/c1-6-15-10(16-18-6)5-14-11(17)7-2-3-9(13)8(12)4-7/h2-4H,5,13H2,1H3,(H,14,17). The molecule has 6 nitrogen and oxygen atoms in total. The second-order valence-corrected chi connectivity index (χ2v) is 3.65. The number of nitrogens with two attached hydrogens (primary N) is 1. The molecule has 18 heavy (non-hydrogen) atoms. The fraction of sp³-hybridized carbons (Fsp3) is 0.182. The van der Waals surface area contributed by atoms with Crippen molar-refractivity contribution >= 4 is 11.6 Å². The summed E-state index contributed by atoms with van der Waals surface area (Å²) in [6.45, 7) is 1.76. The highest BCUT2D eigenvalue weighted by atomic mass is 19.1. The average molecular weight is 250 g/mol. The summed E-state index contributed by atoms with van der Waals surface area (Å²) < 4.78 is 17.9. The Labute approximate surface area is 102 Å². The molecule has 1 amide bonds. The Hall–Kier alpha value is -2.44. The van der Waals surface area contributed by atoms with E-state index in [4.69, 9.17) is 10.3 Å². The largest absolute Gasteiger partial charge is 0.396 e. The van der Waals surface area contributed by atoms with Crippen molar-refractivity contribution in [2.45, 2.75) is 13.5 Å². The molecule has 0 aliphatic rings. The molecular weight excluding hydrogens is 239 g/mol. The number of aryl methyl sites for hydroxylation is 1. The van der Waals surface area contributed by atoms with Gasteiger partial charge in [-0.1, -0.05) is 5.16 Å². The zero-order valence-electron chi connectivity index (χ0n) is 9.61. The number of hydrogen-bond donors (Lipinski definition) is 2. The van der Waals surface area contributed by atoms with Crippen LogP contribution in [0.3, 0.4) is 0 Å². The summed E-state index contributed by atoms with van der Waals surface area (Å²) in [6.07, 6.45) is 0. The minimum atomic E-state index is -0.627. The topological polar surface area (TPSA) is 94.0 Å². The molecule has 2 aromatic rings. The molecule has 0 spiro atoms. The van der Waals surface area contributed by atoms with Gasteiger partial charge in [0, 0.05) is 12.5 Å². The summed E-state index contributed by atoms with van der Waals surface area (Å²) in [5.74, 6) is -0.288. The maximum Gasteiger partial charge on any atom is 0.251 e. The quantitative estimate of drug-likeness (QED) is 0.793. The van der Waals surface area contributed by atoms with Crippen LogP contribution in [-0.2, 0) is 6.54 Å². The second-order valence-electron chi connectivity index (χ2n) is 3.65. The maximum atomic E-state index is 13.2. The Kier molecular flexibility index (Phi) is 3.22. The summed E-state index contributed by atoms with van der Waals surface area (Å²) in [5.41, 5.74) is 5.50. The van der Waals surface area contributed by atoms with Gasteiger partial charge in [0.25, 0.3) is 5.91 Å². The molecule has 1 heterocycles. The van der Waals surface area contributed by atoms with Gasteiger partial charge in [-0.15, -0.1) is 0 Å². The molecule has 0 fully saturated rings. The van der Waals surface area contributed by atoms with Gasteiger partial charge >= 0.3 is 0 Å². The van der Waals surface area contributed by atoms with E-state index >= 15 is 0 Å². The fourth-order valence-corrected chi connectivity index (χ4v) is 1.34. The lowest BCUT2D eigenvalue weighted by Crippen LogP contribution is -2.23. The number of amides is 1. The number of halogens is 1. The number of nitrogens with zero attached hydrogens (tertiary/aromatic N) is 2. The molecule has 0 bridgehead atoms. The molecule has 1 aromatic carbocycles. The third kappa shape index (κ3) is 2.62. The van der Waals surface area contributed by atoms with Crippen LogP contribution in [0.25, 0.3) is 0 Å². The molecule has 94 valence electrons. The van der Waals surface area contributed by atoms with Crippen LogP contribution in [0.15, 0.2) is 22.7 Å². The van der Waals surface area contributed by atoms with E-state index in [0.717, 1.165) is 6.07 Å². The van der Waals surface area contributed by atoms with E-state index in [2.05, 4.69) is 15.5 Å². The number of nitrogen functional groups attached to an aromatic ring is 1. The Morgan fingerprint density at radius 1 is 1.56 bits per heavy atom. The van der Waals surface area contributed by atoms with Crippen molar-refractivity contribution in [2.75, 3.05) is 5.73 Å². The SMILES string of the molecule is Cc1nc(CNC(=O)c2ccc(N)c(F)c2)no1. The summed E-state index contributed by atoms with van der Waals surface area (Å²) in [7, 11) is 0. The van der Waals surface area contributed by atoms with Crippen molar-refractivity contribution in [3.05, 3.63) is 41.3 Å². The van der Waals surface area contributed by atoms with Gasteiger partial charge in [-0.3, -0.25) is 4.79 Å². The van der Waals surface area contributed by atoms with Gasteiger partial charge in [0.05, 0.1) is 12.2 Å². The second kappa shape index (κ2) is 4.82. The fourth-order valence-electron chi connectivity index (χ4n) is 1.34. The zero-order chi connectivity index (χ0) is 13.1. The first kappa shape index (κ1) is 12.0. The predicted octanol–water partition coefficient (Wildman–Crippen LogP) is 1.03. The Morgan fingerprint density at radius 3 is 2.94 bits per heavy atom. The first-order valence-corrected chi connectivity index (χ1v) is 5.18. The number of benzene rings is 1. The molecule has 0 aliphatic carbocycles. The van der Waals surface area contributed by atoms with Crippen LogP contribution in [-0.4, -0.2) is 16.0 Å². The highest BCUT2D eigenvalue weighted by Gasteiger charge is 2.09. The molecule has 0 unspecified atom stereocenters. The first-order valence-electron chi connectivity index (χ1n) is 5.18. The molecule has 1 aromatic heterocycles. The van der Waals surface area contributed by atoms with Gasteiger partial charge in [0.2, 0.25) is 5.89 Å². The number of aromatic nitrogens is 2. The summed E-state index contributed by atoms with van der Waals surface area (Å²) in [4.78, 5) is 15.6. The van der Waals surface area contributed by atoms with Crippen molar-refractivity contribution in [3.63, 3.8) is 0 Å². The number of rotatable bonds is 3. The molecule has 3 N–H and O–H groups in total. The molecule has 0 saturated heterocycles. The summed E-state index contributed by atoms with van der Waals surface area (Å²) >= 11 is 0. The van der Waals surface area contributed by atoms with Gasteiger partial charge in [0.1, 0.15) is 5.82 Å². The molecule has 0 aliphatic heterocycles. The van der Waals surface area contributed by atoms with Crippen molar-refractivity contribution < 1.29 is 13.7 Å². The van der Waals surface area contributed by atoms with Crippen LogP contribution in [0.4, 0.5) is 10.1 Å². The van der Waals surface area contributed by atoms with E-state index in [0.29, 0.717) is 11.7 Å². The lowest BCUT2D eigenvalue weighted by molar-refractivity contribution is 0.0949. The summed E-state index contributed by atoms with van der Waals surface area (Å²) in [6, 6.07) is 3.85. The van der Waals surface area contributed by atoms with Crippen LogP contribution in [0, 0.1) is 12.7 Å². The molecule has 0 atom stereocenters. The van der Waals surface area contributed by atoms with Gasteiger partial charge in [-0.2, -0.15) is 4.98 Å². The molecule has 0 saturated carbocycles. The monoisotopic (exact) mass is 250 g/mol. The number of nitrogens with one attached hydrogen (secondary N) is 1. The highest BCUT2D eigenvalue weighted by molar-refractivity contribution is 5.94. The Balaban J connectivity index is 2.01. The van der Waals surface area contributed by atoms with Crippen molar-refractivity contribution in [1.82, 2.24) is 15.5 Å². The smallest absolute Gasteiger partial charge is 0.251 e. The molecule has 0 radical (unpaired) electrons. The van der Waals surface area contributed by atoms with Crippen LogP contribution in [0.1, 0.15) is 22.1 Å². The van der Waals surface area contributed by atoms with Crippen molar-refractivity contribution in [1.29, 1.82) is 0 Å². The normalized spacial score (nSPS) is 10.3. The van der Waals surface area contributed by atoms with E-state index < -0.39 is 11.7 Å². The zero-order valence-corrected chi connectivity index (χ0v) is 9.61. The van der Waals surface area contributed by atoms with Gasteiger partial charge in [-0.05, 0) is 18.2 Å². The van der Waals surface area contributed by atoms with Crippen LogP contribution < -0.4 is 11.1 Å². The average Bonchev–Trinajstić information content (AvgIpc) is 2.75. The predicted molar refractivity (Wildman–Crippen MR) is 61.0 cm³/mol. The van der Waals surface area contributed by atoms with Gasteiger partial charge < -0.3 is 15.6 Å². The highest BCUT2D eigenvalue weighted by Crippen LogP contribution is 2.11. The van der Waals surface area contributed by atoms with Gasteiger partial charge in [-0.25, -0.2) is 4.39 Å². The lowest BCUT2D eigenvalue weighted by Gasteiger charge is -2.03. The number of carbonyl (C=O) groups excluding carboxylic acids is 1.